The second kappa shape index (κ2) is 11.3. The smallest absolute Gasteiger partial charge is 0.251 e. The lowest BCUT2D eigenvalue weighted by atomic mass is 10.1. The van der Waals surface area contributed by atoms with Gasteiger partial charge in [0.15, 0.2) is 11.0 Å². The number of rotatable bonds is 8. The lowest BCUT2D eigenvalue weighted by molar-refractivity contribution is 0.0938. The maximum absolute atomic E-state index is 13.2. The molecule has 1 unspecified atom stereocenters. The molecule has 0 fully saturated rings. The Morgan fingerprint density at radius 3 is 2.63 bits per heavy atom. The Kier molecular flexibility index (Phi) is 7.67. The number of carbonyl (C=O) groups excluding carboxylic acids is 1. The fraction of sp³-hybridized carbons (Fsp3) is 0.167. The van der Waals surface area contributed by atoms with Gasteiger partial charge in [-0.25, -0.2) is 0 Å². The molecule has 6 nitrogen and oxygen atoms in total. The van der Waals surface area contributed by atoms with Gasteiger partial charge < -0.3 is 10.1 Å². The summed E-state index contributed by atoms with van der Waals surface area (Å²) in [5, 5.41) is 15.6. The van der Waals surface area contributed by atoms with Gasteiger partial charge in [0.1, 0.15) is 5.75 Å². The molecule has 5 rings (SSSR count). The summed E-state index contributed by atoms with van der Waals surface area (Å²) in [6, 6.07) is 26.9. The molecule has 8 heteroatoms. The number of nitrogens with one attached hydrogen (secondary N) is 1. The van der Waals surface area contributed by atoms with Crippen LogP contribution in [0.15, 0.2) is 90.1 Å². The van der Waals surface area contributed by atoms with Crippen LogP contribution in [0.2, 0.25) is 5.02 Å². The van der Waals surface area contributed by atoms with Crippen LogP contribution in [0.4, 0.5) is 0 Å². The van der Waals surface area contributed by atoms with E-state index in [-0.39, 0.29) is 5.91 Å². The second-order valence-electron chi connectivity index (χ2n) is 9.00. The van der Waals surface area contributed by atoms with Crippen LogP contribution < -0.4 is 10.1 Å². The topological polar surface area (TPSA) is 69.0 Å². The van der Waals surface area contributed by atoms with Crippen LogP contribution in [0.25, 0.3) is 16.5 Å². The summed E-state index contributed by atoms with van der Waals surface area (Å²) in [5.74, 6) is 1.93. The van der Waals surface area contributed by atoms with Crippen LogP contribution in [0, 0.1) is 6.92 Å². The Morgan fingerprint density at radius 1 is 1.00 bits per heavy atom. The predicted octanol–water partition coefficient (Wildman–Crippen LogP) is 7.17. The molecule has 0 saturated carbocycles. The number of carbonyl (C=O) groups is 1. The Bertz CT molecular complexity index is 1620. The van der Waals surface area contributed by atoms with Crippen LogP contribution in [-0.2, 0) is 5.75 Å². The molecule has 1 heterocycles. The van der Waals surface area contributed by atoms with Crippen LogP contribution >= 0.6 is 23.4 Å². The number of aryl methyl sites for hydroxylation is 1. The number of benzene rings is 4. The molecular weight excluding hydrogens is 516 g/mol. The number of aromatic nitrogens is 3. The van der Waals surface area contributed by atoms with Gasteiger partial charge in [-0.1, -0.05) is 71.9 Å². The van der Waals surface area contributed by atoms with Crippen molar-refractivity contribution in [3.8, 4) is 11.4 Å². The minimum atomic E-state index is -0.411. The zero-order valence-corrected chi connectivity index (χ0v) is 22.9. The van der Waals surface area contributed by atoms with Crippen LogP contribution in [-0.4, -0.2) is 27.8 Å². The van der Waals surface area contributed by atoms with E-state index in [0.717, 1.165) is 33.3 Å². The highest BCUT2D eigenvalue weighted by atomic mass is 35.5. The van der Waals surface area contributed by atoms with Crippen molar-refractivity contribution in [3.05, 3.63) is 112 Å². The van der Waals surface area contributed by atoms with Gasteiger partial charge in [-0.2, -0.15) is 0 Å². The molecule has 192 valence electrons. The predicted molar refractivity (Wildman–Crippen MR) is 153 cm³/mol. The Morgan fingerprint density at radius 2 is 1.82 bits per heavy atom. The average Bonchev–Trinajstić information content (AvgIpc) is 3.37. The summed E-state index contributed by atoms with van der Waals surface area (Å²) in [6.07, 6.45) is 0. The number of fused-ring (bicyclic) bond motifs is 1. The van der Waals surface area contributed by atoms with Gasteiger partial charge in [0.05, 0.1) is 18.8 Å². The molecule has 0 saturated heterocycles. The van der Waals surface area contributed by atoms with Gasteiger partial charge in [-0.05, 0) is 72.1 Å². The highest BCUT2D eigenvalue weighted by molar-refractivity contribution is 7.98. The lowest BCUT2D eigenvalue weighted by Crippen LogP contribution is -2.28. The first-order valence-corrected chi connectivity index (χ1v) is 13.6. The summed E-state index contributed by atoms with van der Waals surface area (Å²) in [5.41, 5.74) is 3.59. The zero-order chi connectivity index (χ0) is 26.6. The molecule has 1 aromatic heterocycles. The summed E-state index contributed by atoms with van der Waals surface area (Å²) in [6.45, 7) is 3.93. The van der Waals surface area contributed by atoms with Gasteiger partial charge >= 0.3 is 0 Å². The third-order valence-corrected chi connectivity index (χ3v) is 7.55. The number of hydrogen-bond acceptors (Lipinski definition) is 5. The summed E-state index contributed by atoms with van der Waals surface area (Å²) < 4.78 is 7.35. The van der Waals surface area contributed by atoms with E-state index in [2.05, 4.69) is 15.5 Å². The maximum atomic E-state index is 13.2. The van der Waals surface area contributed by atoms with E-state index in [1.165, 1.54) is 0 Å². The number of ether oxygens (including phenoxy) is 1. The van der Waals surface area contributed by atoms with Crippen molar-refractivity contribution in [3.63, 3.8) is 0 Å². The largest absolute Gasteiger partial charge is 0.497 e. The average molecular weight is 543 g/mol. The fourth-order valence-corrected chi connectivity index (χ4v) is 5.35. The molecule has 0 radical (unpaired) electrons. The SMILES string of the molecule is COc1cccc(CSc2nnc(C(C)NC(=O)c3ccc4ccccc4c3)n2-c2cc(Cl)ccc2C)c1. The third-order valence-electron chi connectivity index (χ3n) is 6.32. The van der Waals surface area contributed by atoms with Crippen molar-refractivity contribution in [1.29, 1.82) is 0 Å². The maximum Gasteiger partial charge on any atom is 0.251 e. The Labute approximate surface area is 231 Å². The molecular formula is C30H27ClN4O2S. The van der Waals surface area contributed by atoms with Crippen LogP contribution in [0.3, 0.4) is 0 Å². The lowest BCUT2D eigenvalue weighted by Gasteiger charge is -2.18. The van der Waals surface area contributed by atoms with Crippen LogP contribution in [0.1, 0.15) is 40.3 Å². The number of hydrogen-bond donors (Lipinski definition) is 1. The highest BCUT2D eigenvalue weighted by Crippen LogP contribution is 2.31. The normalized spacial score (nSPS) is 11.9. The first-order valence-electron chi connectivity index (χ1n) is 12.2. The molecule has 1 amide bonds. The van der Waals surface area contributed by atoms with Crippen LogP contribution in [0.5, 0.6) is 5.75 Å². The van der Waals surface area contributed by atoms with E-state index in [9.17, 15) is 4.79 Å². The van der Waals surface area contributed by atoms with Gasteiger partial charge in [0.2, 0.25) is 0 Å². The van der Waals surface area contributed by atoms with E-state index in [0.29, 0.717) is 27.3 Å². The number of methoxy groups -OCH3 is 1. The van der Waals surface area contributed by atoms with E-state index in [1.54, 1.807) is 18.9 Å². The van der Waals surface area contributed by atoms with E-state index in [1.807, 2.05) is 103 Å². The minimum absolute atomic E-state index is 0.175. The molecule has 0 bridgehead atoms. The molecule has 0 aliphatic carbocycles. The van der Waals surface area contributed by atoms with E-state index >= 15 is 0 Å². The molecule has 5 aromatic rings. The standard InChI is InChI=1S/C30H27ClN4O2S/c1-19-11-14-25(31)17-27(19)35-28(33-34-30(35)38-18-21-7-6-10-26(15-21)37-3)20(2)32-29(36)24-13-12-22-8-4-5-9-23(22)16-24/h4-17,20H,18H2,1-3H3,(H,32,36). The summed E-state index contributed by atoms with van der Waals surface area (Å²) >= 11 is 7.95. The first kappa shape index (κ1) is 25.8. The second-order valence-corrected chi connectivity index (χ2v) is 10.4. The van der Waals surface area contributed by atoms with E-state index in [4.69, 9.17) is 16.3 Å². The quantitative estimate of drug-likeness (QED) is 0.210. The van der Waals surface area contributed by atoms with E-state index < -0.39 is 6.04 Å². The van der Waals surface area contributed by atoms with Gasteiger partial charge in [-0.15, -0.1) is 10.2 Å². The van der Waals surface area contributed by atoms with Crippen molar-refractivity contribution in [2.75, 3.05) is 7.11 Å². The van der Waals surface area contributed by atoms with Crippen molar-refractivity contribution in [2.45, 2.75) is 30.8 Å². The molecule has 1 N–H and O–H groups in total. The number of amides is 1. The third kappa shape index (κ3) is 5.54. The van der Waals surface area contributed by atoms with Crippen molar-refractivity contribution >= 4 is 40.0 Å². The molecule has 1 atom stereocenters. The number of halogens is 1. The Balaban J connectivity index is 1.45. The zero-order valence-electron chi connectivity index (χ0n) is 21.3. The first-order chi connectivity index (χ1) is 18.4. The summed E-state index contributed by atoms with van der Waals surface area (Å²) in [4.78, 5) is 13.2. The fourth-order valence-electron chi connectivity index (χ4n) is 4.29. The van der Waals surface area contributed by atoms with Gasteiger partial charge in [-0.3, -0.25) is 9.36 Å². The van der Waals surface area contributed by atoms with Gasteiger partial charge in [0, 0.05) is 16.3 Å². The molecule has 4 aromatic carbocycles. The molecule has 0 aliphatic rings. The minimum Gasteiger partial charge on any atom is -0.497 e. The monoisotopic (exact) mass is 542 g/mol. The molecule has 38 heavy (non-hydrogen) atoms. The molecule has 0 spiro atoms. The highest BCUT2D eigenvalue weighted by Gasteiger charge is 2.23. The van der Waals surface area contributed by atoms with Crippen molar-refractivity contribution < 1.29 is 9.53 Å². The van der Waals surface area contributed by atoms with Gasteiger partial charge in [0.25, 0.3) is 5.91 Å². The van der Waals surface area contributed by atoms with Crippen molar-refractivity contribution in [1.82, 2.24) is 20.1 Å². The number of thioether (sulfide) groups is 1. The number of nitrogens with zero attached hydrogens (tertiary/aromatic N) is 3. The Hall–Kier alpha value is -3.81. The summed E-state index contributed by atoms with van der Waals surface area (Å²) in [7, 11) is 1.66. The molecule has 0 aliphatic heterocycles. The van der Waals surface area contributed by atoms with Crippen molar-refractivity contribution in [2.24, 2.45) is 0 Å².